The summed E-state index contributed by atoms with van der Waals surface area (Å²) in [5, 5.41) is 0. The maximum atomic E-state index is 2.36. The molecule has 0 atom stereocenters. The summed E-state index contributed by atoms with van der Waals surface area (Å²) >= 11 is 0. The van der Waals surface area contributed by atoms with Gasteiger partial charge in [-0.15, -0.1) is 0 Å². The Balaban J connectivity index is 1.98. The molecule has 0 saturated carbocycles. The lowest BCUT2D eigenvalue weighted by molar-refractivity contribution is 1.30. The lowest BCUT2D eigenvalue weighted by Crippen LogP contribution is -1.88. The Morgan fingerprint density at radius 3 is 2.16 bits per heavy atom. The van der Waals surface area contributed by atoms with E-state index in [1.165, 1.54) is 33.4 Å². The first-order chi connectivity index (χ1) is 9.45. The molecule has 4 aliphatic rings. The van der Waals surface area contributed by atoms with Crippen molar-refractivity contribution >= 4 is 0 Å². The van der Waals surface area contributed by atoms with Gasteiger partial charge < -0.3 is 0 Å². The van der Waals surface area contributed by atoms with Gasteiger partial charge in [0.05, 0.1) is 0 Å². The molecule has 0 aromatic heterocycles. The molecular weight excluding hydrogens is 228 g/mol. The van der Waals surface area contributed by atoms with Crippen LogP contribution in [-0.4, -0.2) is 0 Å². The van der Waals surface area contributed by atoms with Crippen molar-refractivity contribution in [1.29, 1.82) is 0 Å². The largest absolute Gasteiger partial charge is 0.0716 e. The first-order valence-electron chi connectivity index (χ1n) is 6.71. The number of rotatable bonds is 0. The van der Waals surface area contributed by atoms with Crippen LogP contribution >= 0.6 is 0 Å². The second-order valence-electron chi connectivity index (χ2n) is 4.98. The van der Waals surface area contributed by atoms with Crippen LogP contribution in [0.4, 0.5) is 0 Å². The highest BCUT2D eigenvalue weighted by Crippen LogP contribution is 2.47. The third-order valence-electron chi connectivity index (χ3n) is 3.90. The van der Waals surface area contributed by atoms with Crippen LogP contribution in [0.3, 0.4) is 0 Å². The number of fused-ring (bicyclic) bond motifs is 2. The molecule has 0 N–H and O–H groups in total. The molecule has 0 nitrogen and oxygen atoms in total. The van der Waals surface area contributed by atoms with Crippen LogP contribution in [0.2, 0.25) is 0 Å². The Morgan fingerprint density at radius 2 is 1.32 bits per heavy atom. The second kappa shape index (κ2) is 4.10. The summed E-state index contributed by atoms with van der Waals surface area (Å²) in [4.78, 5) is 0. The lowest BCUT2D eigenvalue weighted by Gasteiger charge is -2.06. The minimum absolute atomic E-state index is 1.05. The third kappa shape index (κ3) is 1.53. The van der Waals surface area contributed by atoms with Crippen molar-refractivity contribution in [3.63, 3.8) is 0 Å². The zero-order valence-electron chi connectivity index (χ0n) is 10.6. The van der Waals surface area contributed by atoms with Gasteiger partial charge in [0, 0.05) is 0 Å². The molecule has 0 fully saturated rings. The van der Waals surface area contributed by atoms with Gasteiger partial charge in [0.25, 0.3) is 0 Å². The van der Waals surface area contributed by atoms with E-state index in [0.29, 0.717) is 0 Å². The van der Waals surface area contributed by atoms with E-state index in [4.69, 9.17) is 0 Å². The normalized spacial score (nSPS) is 22.7. The van der Waals surface area contributed by atoms with E-state index >= 15 is 0 Å². The Bertz CT molecular complexity index is 720. The molecule has 0 aromatic rings. The first-order valence-corrected chi connectivity index (χ1v) is 6.71. The first kappa shape index (κ1) is 10.6. The maximum Gasteiger partial charge on any atom is -0.00668 e. The molecule has 90 valence electrons. The van der Waals surface area contributed by atoms with E-state index in [2.05, 4.69) is 72.9 Å². The van der Waals surface area contributed by atoms with E-state index < -0.39 is 0 Å². The number of hydrogen-bond acceptors (Lipinski definition) is 0. The highest BCUT2D eigenvalue weighted by molar-refractivity contribution is 5.80. The minimum Gasteiger partial charge on any atom is -0.0716 e. The second-order valence-corrected chi connectivity index (χ2v) is 4.98. The molecular formula is C19H14. The molecule has 19 heavy (non-hydrogen) atoms. The Labute approximate surface area is 113 Å². The van der Waals surface area contributed by atoms with Crippen LogP contribution in [0.25, 0.3) is 0 Å². The zero-order valence-corrected chi connectivity index (χ0v) is 10.6. The topological polar surface area (TPSA) is 0 Å². The molecule has 0 heteroatoms. The average molecular weight is 242 g/mol. The van der Waals surface area contributed by atoms with Crippen molar-refractivity contribution in [3.05, 3.63) is 106 Å². The fourth-order valence-corrected chi connectivity index (χ4v) is 3.08. The van der Waals surface area contributed by atoms with Gasteiger partial charge in [-0.05, 0) is 39.9 Å². The Morgan fingerprint density at radius 1 is 0.632 bits per heavy atom. The summed E-state index contributed by atoms with van der Waals surface area (Å²) in [6.07, 6.45) is 27.1. The number of hydrogen-bond donors (Lipinski definition) is 0. The average Bonchev–Trinajstić information content (AvgIpc) is 2.84. The predicted molar refractivity (Wildman–Crippen MR) is 80.5 cm³/mol. The molecule has 0 bridgehead atoms. The summed E-state index contributed by atoms with van der Waals surface area (Å²) in [6.45, 7) is 0. The zero-order chi connectivity index (χ0) is 12.7. The van der Waals surface area contributed by atoms with Gasteiger partial charge in [-0.25, -0.2) is 0 Å². The summed E-state index contributed by atoms with van der Waals surface area (Å²) in [5.74, 6) is 0. The number of allylic oxidation sites excluding steroid dienone is 18. The SMILES string of the molecule is C1=CC=CC2=C(C=C1)C1=CCC3=CC=CC=CC2=C31. The Kier molecular flexibility index (Phi) is 2.28. The van der Waals surface area contributed by atoms with Crippen molar-refractivity contribution in [1.82, 2.24) is 0 Å². The van der Waals surface area contributed by atoms with Gasteiger partial charge >= 0.3 is 0 Å². The smallest absolute Gasteiger partial charge is 0.00668 e. The van der Waals surface area contributed by atoms with Crippen LogP contribution in [0, 0.1) is 0 Å². The van der Waals surface area contributed by atoms with E-state index in [1.807, 2.05) is 0 Å². The van der Waals surface area contributed by atoms with E-state index in [0.717, 1.165) is 6.42 Å². The molecule has 0 aliphatic heterocycles. The maximum absolute atomic E-state index is 2.36. The highest BCUT2D eigenvalue weighted by Gasteiger charge is 2.30. The fourth-order valence-electron chi connectivity index (χ4n) is 3.08. The van der Waals surface area contributed by atoms with Crippen LogP contribution < -0.4 is 0 Å². The monoisotopic (exact) mass is 242 g/mol. The van der Waals surface area contributed by atoms with Crippen LogP contribution in [0.1, 0.15) is 6.42 Å². The van der Waals surface area contributed by atoms with Crippen molar-refractivity contribution in [3.8, 4) is 0 Å². The third-order valence-corrected chi connectivity index (χ3v) is 3.90. The molecule has 0 spiro atoms. The van der Waals surface area contributed by atoms with E-state index in [-0.39, 0.29) is 0 Å². The van der Waals surface area contributed by atoms with Crippen molar-refractivity contribution in [2.45, 2.75) is 6.42 Å². The van der Waals surface area contributed by atoms with Crippen molar-refractivity contribution in [2.75, 3.05) is 0 Å². The summed E-state index contributed by atoms with van der Waals surface area (Å²) in [7, 11) is 0. The van der Waals surface area contributed by atoms with Crippen LogP contribution in [0.5, 0.6) is 0 Å². The summed E-state index contributed by atoms with van der Waals surface area (Å²) in [5.41, 5.74) is 8.35. The van der Waals surface area contributed by atoms with E-state index in [9.17, 15) is 0 Å². The van der Waals surface area contributed by atoms with Gasteiger partial charge in [0.2, 0.25) is 0 Å². The van der Waals surface area contributed by atoms with Crippen molar-refractivity contribution in [2.24, 2.45) is 0 Å². The molecule has 0 heterocycles. The molecule has 0 amide bonds. The van der Waals surface area contributed by atoms with Gasteiger partial charge in [-0.2, -0.15) is 0 Å². The molecule has 0 radical (unpaired) electrons. The summed E-state index contributed by atoms with van der Waals surface area (Å²) < 4.78 is 0. The molecule has 0 unspecified atom stereocenters. The van der Waals surface area contributed by atoms with Crippen LogP contribution in [0.15, 0.2) is 106 Å². The Hall–Kier alpha value is -2.34. The lowest BCUT2D eigenvalue weighted by atomic mass is 9.98. The standard InChI is InChI=1S/C19H14/c1-2-6-10-16-15(9-5-1)17-11-7-3-4-8-14-12-13-18(16)19(14)17/h1-11,13H,12H2. The minimum atomic E-state index is 1.05. The van der Waals surface area contributed by atoms with Crippen LogP contribution in [-0.2, 0) is 0 Å². The quantitative estimate of drug-likeness (QED) is 0.579. The van der Waals surface area contributed by atoms with Gasteiger partial charge in [-0.3, -0.25) is 0 Å². The van der Waals surface area contributed by atoms with E-state index in [1.54, 1.807) is 0 Å². The predicted octanol–water partition coefficient (Wildman–Crippen LogP) is 4.66. The van der Waals surface area contributed by atoms with Gasteiger partial charge in [0.15, 0.2) is 0 Å². The molecule has 4 aliphatic carbocycles. The van der Waals surface area contributed by atoms with Gasteiger partial charge in [0.1, 0.15) is 0 Å². The fraction of sp³-hybridized carbons (Fsp3) is 0.0526. The summed E-state index contributed by atoms with van der Waals surface area (Å²) in [6, 6.07) is 0. The van der Waals surface area contributed by atoms with Gasteiger partial charge in [-0.1, -0.05) is 72.9 Å². The molecule has 0 aromatic carbocycles. The van der Waals surface area contributed by atoms with Crippen molar-refractivity contribution < 1.29 is 0 Å². The molecule has 4 rings (SSSR count). The molecule has 0 saturated heterocycles. The highest BCUT2D eigenvalue weighted by atomic mass is 14.3.